The van der Waals surface area contributed by atoms with Gasteiger partial charge in [0.1, 0.15) is 30.0 Å². The third-order valence-corrected chi connectivity index (χ3v) is 6.08. The quantitative estimate of drug-likeness (QED) is 0.253. The van der Waals surface area contributed by atoms with Crippen LogP contribution in [-0.2, 0) is 16.1 Å². The first-order valence-electron chi connectivity index (χ1n) is 11.2. The first kappa shape index (κ1) is 24.4. The molecule has 0 aliphatic carbocycles. The number of halogens is 1. The van der Waals surface area contributed by atoms with Crippen LogP contribution in [0.3, 0.4) is 0 Å². The van der Waals surface area contributed by atoms with Gasteiger partial charge in [0.25, 0.3) is 0 Å². The molecule has 0 fully saturated rings. The number of aryl methyl sites for hydroxylation is 2. The zero-order chi connectivity index (χ0) is 24.9. The van der Waals surface area contributed by atoms with Crippen molar-refractivity contribution >= 4 is 28.5 Å². The predicted octanol–water partition coefficient (Wildman–Crippen LogP) is 6.76. The van der Waals surface area contributed by atoms with Gasteiger partial charge >= 0.3 is 5.97 Å². The molecule has 0 amide bonds. The van der Waals surface area contributed by atoms with Crippen molar-refractivity contribution in [2.24, 2.45) is 0 Å². The third-order valence-electron chi connectivity index (χ3n) is 5.49. The summed E-state index contributed by atoms with van der Waals surface area (Å²) in [7, 11) is 0. The number of ether oxygens (including phenoxy) is 3. The van der Waals surface area contributed by atoms with Crippen LogP contribution in [0.2, 0.25) is 5.02 Å². The topological polar surface area (TPSA) is 75.0 Å². The third kappa shape index (κ3) is 5.66. The molecule has 0 radical (unpaired) electrons. The standard InChI is InChI=1S/C28H25ClO6/c1-4-23(28(31)33-15-19-8-6-5-7-9-19)34-20-10-11-22-24(14-20)32-16-25(27(22)30)35-21-12-17(2)26(29)18(3)13-21/h5-14,16,23H,4,15H2,1-3H3. The molecule has 1 heterocycles. The molecule has 35 heavy (non-hydrogen) atoms. The monoisotopic (exact) mass is 492 g/mol. The van der Waals surface area contributed by atoms with Gasteiger partial charge in [0.15, 0.2) is 6.10 Å². The van der Waals surface area contributed by atoms with Crippen molar-refractivity contribution in [3.8, 4) is 17.2 Å². The Morgan fingerprint density at radius 1 is 1.00 bits per heavy atom. The van der Waals surface area contributed by atoms with Gasteiger partial charge in [0.05, 0.1) is 5.39 Å². The number of hydrogen-bond acceptors (Lipinski definition) is 6. The molecule has 4 rings (SSSR count). The second kappa shape index (κ2) is 10.7. The maximum Gasteiger partial charge on any atom is 0.347 e. The molecule has 4 aromatic rings. The lowest BCUT2D eigenvalue weighted by molar-refractivity contribution is -0.153. The van der Waals surface area contributed by atoms with Crippen molar-refractivity contribution in [3.63, 3.8) is 0 Å². The van der Waals surface area contributed by atoms with Crippen LogP contribution < -0.4 is 14.9 Å². The molecule has 180 valence electrons. The van der Waals surface area contributed by atoms with Crippen molar-refractivity contribution in [2.45, 2.75) is 39.9 Å². The van der Waals surface area contributed by atoms with Gasteiger partial charge in [-0.1, -0.05) is 48.9 Å². The Labute approximate surface area is 208 Å². The van der Waals surface area contributed by atoms with Crippen LogP contribution in [0, 0.1) is 13.8 Å². The number of rotatable bonds is 8. The number of benzene rings is 3. The van der Waals surface area contributed by atoms with Crippen LogP contribution in [0.1, 0.15) is 30.0 Å². The summed E-state index contributed by atoms with van der Waals surface area (Å²) in [6, 6.07) is 17.7. The van der Waals surface area contributed by atoms with E-state index in [1.54, 1.807) is 30.3 Å². The average Bonchev–Trinajstić information content (AvgIpc) is 2.86. The molecule has 0 saturated carbocycles. The van der Waals surface area contributed by atoms with Gasteiger partial charge in [-0.15, -0.1) is 0 Å². The Kier molecular flexibility index (Phi) is 7.42. The van der Waals surface area contributed by atoms with Crippen LogP contribution in [0.25, 0.3) is 11.0 Å². The predicted molar refractivity (Wildman–Crippen MR) is 134 cm³/mol. The number of hydrogen-bond donors (Lipinski definition) is 0. The first-order chi connectivity index (χ1) is 16.9. The Hall–Kier alpha value is -3.77. The minimum Gasteiger partial charge on any atom is -0.479 e. The molecular weight excluding hydrogens is 468 g/mol. The minimum atomic E-state index is -0.790. The average molecular weight is 493 g/mol. The van der Waals surface area contributed by atoms with Crippen LogP contribution in [0.15, 0.2) is 76.1 Å². The number of esters is 1. The van der Waals surface area contributed by atoms with Gasteiger partial charge in [-0.3, -0.25) is 4.79 Å². The maximum absolute atomic E-state index is 13.0. The zero-order valence-electron chi connectivity index (χ0n) is 19.7. The Balaban J connectivity index is 1.49. The SMILES string of the molecule is CCC(Oc1ccc2c(=O)c(Oc3cc(C)c(Cl)c(C)c3)coc2c1)C(=O)OCc1ccccc1. The molecule has 1 atom stereocenters. The van der Waals surface area contributed by atoms with Gasteiger partial charge in [0.2, 0.25) is 11.2 Å². The number of carbonyl (C=O) groups is 1. The van der Waals surface area contributed by atoms with Gasteiger partial charge in [0, 0.05) is 11.1 Å². The minimum absolute atomic E-state index is 0.0585. The molecule has 1 aromatic heterocycles. The van der Waals surface area contributed by atoms with E-state index in [1.165, 1.54) is 6.26 Å². The summed E-state index contributed by atoms with van der Waals surface area (Å²) in [5.41, 5.74) is 2.58. The Morgan fingerprint density at radius 3 is 2.40 bits per heavy atom. The highest BCUT2D eigenvalue weighted by molar-refractivity contribution is 6.32. The molecule has 3 aromatic carbocycles. The van der Waals surface area contributed by atoms with Gasteiger partial charge < -0.3 is 18.6 Å². The van der Waals surface area contributed by atoms with E-state index in [2.05, 4.69) is 0 Å². The van der Waals surface area contributed by atoms with Crippen LogP contribution >= 0.6 is 11.6 Å². The van der Waals surface area contributed by atoms with E-state index in [4.69, 9.17) is 30.2 Å². The Morgan fingerprint density at radius 2 is 1.71 bits per heavy atom. The van der Waals surface area contributed by atoms with Gasteiger partial charge in [-0.2, -0.15) is 0 Å². The normalized spacial score (nSPS) is 11.8. The Bertz CT molecular complexity index is 1390. The zero-order valence-corrected chi connectivity index (χ0v) is 20.4. The molecule has 0 spiro atoms. The van der Waals surface area contributed by atoms with Crippen LogP contribution in [0.5, 0.6) is 17.2 Å². The lowest BCUT2D eigenvalue weighted by Crippen LogP contribution is -2.28. The van der Waals surface area contributed by atoms with E-state index in [9.17, 15) is 9.59 Å². The summed E-state index contributed by atoms with van der Waals surface area (Å²) in [6.07, 6.45) is 0.892. The van der Waals surface area contributed by atoms with E-state index in [0.717, 1.165) is 16.7 Å². The van der Waals surface area contributed by atoms with Gasteiger partial charge in [-0.25, -0.2) is 4.79 Å². The molecule has 0 N–H and O–H groups in total. The second-order valence-corrected chi connectivity index (χ2v) is 8.55. The van der Waals surface area contributed by atoms with Crippen LogP contribution in [0.4, 0.5) is 0 Å². The highest BCUT2D eigenvalue weighted by Gasteiger charge is 2.21. The second-order valence-electron chi connectivity index (χ2n) is 8.17. The molecule has 0 aliphatic heterocycles. The summed E-state index contributed by atoms with van der Waals surface area (Å²) < 4.78 is 22.7. The lowest BCUT2D eigenvalue weighted by Gasteiger charge is -2.17. The summed E-state index contributed by atoms with van der Waals surface area (Å²) in [5.74, 6) is 0.482. The first-order valence-corrected chi connectivity index (χ1v) is 11.6. The van der Waals surface area contributed by atoms with Crippen molar-refractivity contribution in [3.05, 3.63) is 98.9 Å². The largest absolute Gasteiger partial charge is 0.479 e. The van der Waals surface area contributed by atoms with E-state index in [-0.39, 0.29) is 17.8 Å². The van der Waals surface area contributed by atoms with Crippen molar-refractivity contribution in [1.29, 1.82) is 0 Å². The summed E-state index contributed by atoms with van der Waals surface area (Å²) in [4.78, 5) is 25.5. The fourth-order valence-corrected chi connectivity index (χ4v) is 3.72. The fraction of sp³-hybridized carbons (Fsp3) is 0.214. The molecule has 7 heteroatoms. The molecule has 0 saturated heterocycles. The van der Waals surface area contributed by atoms with E-state index >= 15 is 0 Å². The summed E-state index contributed by atoms with van der Waals surface area (Å²) in [6.45, 7) is 5.74. The van der Waals surface area contributed by atoms with E-state index < -0.39 is 12.1 Å². The highest BCUT2D eigenvalue weighted by Crippen LogP contribution is 2.29. The van der Waals surface area contributed by atoms with E-state index in [0.29, 0.717) is 33.9 Å². The molecule has 1 unspecified atom stereocenters. The highest BCUT2D eigenvalue weighted by atomic mass is 35.5. The molecular formula is C28H25ClO6. The smallest absolute Gasteiger partial charge is 0.347 e. The van der Waals surface area contributed by atoms with E-state index in [1.807, 2.05) is 51.1 Å². The fourth-order valence-electron chi connectivity index (χ4n) is 3.61. The molecule has 6 nitrogen and oxygen atoms in total. The maximum atomic E-state index is 13.0. The number of fused-ring (bicyclic) bond motifs is 1. The van der Waals surface area contributed by atoms with Gasteiger partial charge in [-0.05, 0) is 61.2 Å². The summed E-state index contributed by atoms with van der Waals surface area (Å²) in [5, 5.41) is 0.988. The number of carbonyl (C=O) groups excluding carboxylic acids is 1. The van der Waals surface area contributed by atoms with Crippen molar-refractivity contribution < 1.29 is 23.4 Å². The van der Waals surface area contributed by atoms with Crippen molar-refractivity contribution in [1.82, 2.24) is 0 Å². The molecule has 0 aliphatic rings. The van der Waals surface area contributed by atoms with Crippen molar-refractivity contribution in [2.75, 3.05) is 0 Å². The lowest BCUT2D eigenvalue weighted by atomic mass is 10.1. The van der Waals surface area contributed by atoms with Crippen LogP contribution in [-0.4, -0.2) is 12.1 Å². The molecule has 0 bridgehead atoms. The summed E-state index contributed by atoms with van der Waals surface area (Å²) >= 11 is 6.21.